The molecule has 2 aliphatic heterocycles. The zero-order chi connectivity index (χ0) is 22.3. The Labute approximate surface area is 181 Å². The van der Waals surface area contributed by atoms with Gasteiger partial charge in [-0.2, -0.15) is 0 Å². The highest BCUT2D eigenvalue weighted by molar-refractivity contribution is 6.03. The number of carbonyl (C=O) groups excluding carboxylic acids is 1. The Morgan fingerprint density at radius 3 is 2.52 bits per heavy atom. The molecule has 0 saturated carbocycles. The molecule has 3 unspecified atom stereocenters. The fourth-order valence-electron chi connectivity index (χ4n) is 4.21. The summed E-state index contributed by atoms with van der Waals surface area (Å²) in [4.78, 5) is 12.9. The van der Waals surface area contributed by atoms with Crippen LogP contribution in [0.4, 0.5) is 0 Å². The number of phenolic OH excluding ortho intramolecular Hbond substituents is 2. The second-order valence-electron chi connectivity index (χ2n) is 8.89. The summed E-state index contributed by atoms with van der Waals surface area (Å²) >= 11 is 0. The molecule has 2 aromatic carbocycles. The molecule has 0 radical (unpaired) electrons. The molecule has 164 valence electrons. The van der Waals surface area contributed by atoms with Gasteiger partial charge in [-0.3, -0.25) is 4.79 Å². The van der Waals surface area contributed by atoms with Crippen LogP contribution in [0.5, 0.6) is 23.0 Å². The minimum Gasteiger partial charge on any atom is -0.508 e. The summed E-state index contributed by atoms with van der Waals surface area (Å²) in [7, 11) is 0. The van der Waals surface area contributed by atoms with Crippen molar-refractivity contribution in [3.63, 3.8) is 0 Å². The van der Waals surface area contributed by atoms with Crippen LogP contribution in [0.2, 0.25) is 0 Å². The van der Waals surface area contributed by atoms with Crippen LogP contribution >= 0.6 is 0 Å². The van der Waals surface area contributed by atoms with E-state index in [2.05, 4.69) is 6.08 Å². The molecule has 0 saturated heterocycles. The van der Waals surface area contributed by atoms with E-state index in [1.807, 2.05) is 13.8 Å². The second-order valence-corrected chi connectivity index (χ2v) is 8.89. The molecule has 0 aliphatic carbocycles. The van der Waals surface area contributed by atoms with E-state index in [0.29, 0.717) is 24.2 Å². The monoisotopic (exact) mass is 424 g/mol. The van der Waals surface area contributed by atoms with Gasteiger partial charge in [-0.25, -0.2) is 0 Å². The quantitative estimate of drug-likeness (QED) is 0.607. The highest BCUT2D eigenvalue weighted by Crippen LogP contribution is 2.48. The third kappa shape index (κ3) is 4.12. The lowest BCUT2D eigenvalue weighted by molar-refractivity contribution is -0.0434. The van der Waals surface area contributed by atoms with E-state index in [-0.39, 0.29) is 35.0 Å². The highest BCUT2D eigenvalue weighted by Gasteiger charge is 2.42. The Hall–Kier alpha value is -2.99. The molecule has 3 N–H and O–H groups in total. The molecule has 6 heteroatoms. The molecule has 4 rings (SSSR count). The summed E-state index contributed by atoms with van der Waals surface area (Å²) in [6, 6.07) is 8.15. The second kappa shape index (κ2) is 7.93. The van der Waals surface area contributed by atoms with Crippen molar-refractivity contribution < 1.29 is 29.6 Å². The van der Waals surface area contributed by atoms with Gasteiger partial charge < -0.3 is 24.8 Å². The van der Waals surface area contributed by atoms with Crippen molar-refractivity contribution in [2.75, 3.05) is 0 Å². The first kappa shape index (κ1) is 21.2. The fraction of sp³-hybridized carbons (Fsp3) is 0.400. The van der Waals surface area contributed by atoms with Gasteiger partial charge in [0.25, 0.3) is 0 Å². The number of hydrogen-bond acceptors (Lipinski definition) is 6. The number of ether oxygens (including phenoxy) is 2. The van der Waals surface area contributed by atoms with Gasteiger partial charge in [0.1, 0.15) is 40.8 Å². The van der Waals surface area contributed by atoms with Crippen molar-refractivity contribution in [1.29, 1.82) is 0 Å². The van der Waals surface area contributed by atoms with Gasteiger partial charge in [0.15, 0.2) is 5.78 Å². The number of benzene rings is 2. The zero-order valence-electron chi connectivity index (χ0n) is 18.0. The standard InChI is InChI=1S/C25H28O6/c1-14(2)5-4-10-25(3,29)22-11-17-20(31-22)13-21-23(24(17)28)18(27)12-19(30-21)15-6-8-16(26)9-7-15/h5-9,13,19,22,26,28-29H,4,10-12H2,1-3H3. The molecule has 2 heterocycles. The molecule has 2 aromatic rings. The van der Waals surface area contributed by atoms with E-state index < -0.39 is 17.8 Å². The molecule has 6 nitrogen and oxygen atoms in total. The first-order valence-electron chi connectivity index (χ1n) is 10.6. The molecule has 0 amide bonds. The smallest absolute Gasteiger partial charge is 0.174 e. The Morgan fingerprint density at radius 2 is 1.84 bits per heavy atom. The van der Waals surface area contributed by atoms with Crippen LogP contribution in [0.3, 0.4) is 0 Å². The summed E-state index contributed by atoms with van der Waals surface area (Å²) < 4.78 is 12.0. The van der Waals surface area contributed by atoms with Gasteiger partial charge in [0.2, 0.25) is 0 Å². The number of ketones is 1. The zero-order valence-corrected chi connectivity index (χ0v) is 18.0. The SMILES string of the molecule is CC(C)=CCCC(C)(O)C1Cc2c(cc3c(c2O)C(=O)CC(c2ccc(O)cc2)O3)O1. The maximum Gasteiger partial charge on any atom is 0.174 e. The third-order valence-corrected chi connectivity index (χ3v) is 6.07. The van der Waals surface area contributed by atoms with Gasteiger partial charge in [-0.1, -0.05) is 23.8 Å². The van der Waals surface area contributed by atoms with Crippen LogP contribution in [0, 0.1) is 0 Å². The van der Waals surface area contributed by atoms with Crippen LogP contribution in [0.1, 0.15) is 67.6 Å². The number of allylic oxidation sites excluding steroid dienone is 2. The fourth-order valence-corrected chi connectivity index (χ4v) is 4.21. The van der Waals surface area contributed by atoms with Crippen LogP contribution in [-0.4, -0.2) is 32.8 Å². The largest absolute Gasteiger partial charge is 0.508 e. The van der Waals surface area contributed by atoms with E-state index in [1.54, 1.807) is 37.3 Å². The molecule has 0 aromatic heterocycles. The Balaban J connectivity index is 1.59. The van der Waals surface area contributed by atoms with Crippen molar-refractivity contribution in [3.05, 3.63) is 58.7 Å². The number of aliphatic hydroxyl groups is 1. The van der Waals surface area contributed by atoms with Gasteiger partial charge in [0.05, 0.1) is 12.0 Å². The van der Waals surface area contributed by atoms with Crippen LogP contribution < -0.4 is 9.47 Å². The third-order valence-electron chi connectivity index (χ3n) is 6.07. The molecular weight excluding hydrogens is 396 g/mol. The van der Waals surface area contributed by atoms with E-state index in [0.717, 1.165) is 12.0 Å². The number of fused-ring (bicyclic) bond motifs is 2. The van der Waals surface area contributed by atoms with Crippen molar-refractivity contribution in [1.82, 2.24) is 0 Å². The lowest BCUT2D eigenvalue weighted by Crippen LogP contribution is -2.42. The first-order valence-corrected chi connectivity index (χ1v) is 10.6. The summed E-state index contributed by atoms with van der Waals surface area (Å²) in [5, 5.41) is 31.3. The summed E-state index contributed by atoms with van der Waals surface area (Å²) in [5.41, 5.74) is 1.57. The van der Waals surface area contributed by atoms with Crippen molar-refractivity contribution in [2.45, 2.75) is 64.3 Å². The Bertz CT molecular complexity index is 1030. The average molecular weight is 424 g/mol. The van der Waals surface area contributed by atoms with Gasteiger partial charge in [0, 0.05) is 18.1 Å². The lowest BCUT2D eigenvalue weighted by atomic mass is 9.88. The Morgan fingerprint density at radius 1 is 1.13 bits per heavy atom. The predicted octanol–water partition coefficient (Wildman–Crippen LogP) is 4.61. The summed E-state index contributed by atoms with van der Waals surface area (Å²) in [6.07, 6.45) is 2.70. The molecule has 31 heavy (non-hydrogen) atoms. The van der Waals surface area contributed by atoms with Crippen molar-refractivity contribution >= 4 is 5.78 Å². The van der Waals surface area contributed by atoms with E-state index in [1.165, 1.54) is 5.57 Å². The number of hydrogen-bond donors (Lipinski definition) is 3. The van der Waals surface area contributed by atoms with Crippen molar-refractivity contribution in [3.8, 4) is 23.0 Å². The minimum absolute atomic E-state index is 0.0921. The number of Topliss-reactive ketones (excluding diaryl/α,β-unsaturated/α-hetero) is 1. The van der Waals surface area contributed by atoms with Crippen molar-refractivity contribution in [2.24, 2.45) is 0 Å². The molecule has 3 atom stereocenters. The van der Waals surface area contributed by atoms with Gasteiger partial charge >= 0.3 is 0 Å². The number of aromatic hydroxyl groups is 2. The normalized spacial score (nSPS) is 21.4. The molecule has 0 fully saturated rings. The predicted molar refractivity (Wildman–Crippen MR) is 116 cm³/mol. The molecule has 0 bridgehead atoms. The lowest BCUT2D eigenvalue weighted by Gasteiger charge is -2.29. The van der Waals surface area contributed by atoms with Gasteiger partial charge in [-0.15, -0.1) is 0 Å². The van der Waals surface area contributed by atoms with E-state index in [9.17, 15) is 20.1 Å². The Kier molecular flexibility index (Phi) is 5.43. The summed E-state index contributed by atoms with van der Waals surface area (Å²) in [5.74, 6) is 0.513. The minimum atomic E-state index is -1.09. The average Bonchev–Trinajstić information content (AvgIpc) is 3.13. The van der Waals surface area contributed by atoms with Crippen LogP contribution in [0.15, 0.2) is 42.0 Å². The number of carbonyl (C=O) groups is 1. The molecule has 0 spiro atoms. The van der Waals surface area contributed by atoms with E-state index in [4.69, 9.17) is 9.47 Å². The first-order chi connectivity index (χ1) is 14.7. The number of phenols is 2. The molecule has 2 aliphatic rings. The highest BCUT2D eigenvalue weighted by atomic mass is 16.5. The summed E-state index contributed by atoms with van der Waals surface area (Å²) in [6.45, 7) is 5.77. The topological polar surface area (TPSA) is 96.2 Å². The van der Waals surface area contributed by atoms with E-state index >= 15 is 0 Å². The number of rotatable bonds is 5. The van der Waals surface area contributed by atoms with Gasteiger partial charge in [-0.05, 0) is 51.3 Å². The maximum absolute atomic E-state index is 12.9. The van der Waals surface area contributed by atoms with Crippen LogP contribution in [-0.2, 0) is 6.42 Å². The van der Waals surface area contributed by atoms with Crippen LogP contribution in [0.25, 0.3) is 0 Å². The maximum atomic E-state index is 12.9. The molecular formula is C25H28O6.